The fourth-order valence-corrected chi connectivity index (χ4v) is 3.30. The summed E-state index contributed by atoms with van der Waals surface area (Å²) >= 11 is 0. The van der Waals surface area contributed by atoms with E-state index in [1.54, 1.807) is 13.0 Å². The van der Waals surface area contributed by atoms with Gasteiger partial charge in [0.25, 0.3) is 0 Å². The number of rotatable bonds is 4. The van der Waals surface area contributed by atoms with E-state index in [0.29, 0.717) is 22.5 Å². The maximum Gasteiger partial charge on any atom is 0.356 e. The third-order valence-corrected chi connectivity index (χ3v) is 5.00. The summed E-state index contributed by atoms with van der Waals surface area (Å²) in [5.41, 5.74) is 2.01. The molecule has 0 fully saturated rings. The third kappa shape index (κ3) is 3.36. The van der Waals surface area contributed by atoms with Crippen molar-refractivity contribution in [1.82, 2.24) is 9.78 Å². The van der Waals surface area contributed by atoms with Crippen LogP contribution >= 0.6 is 0 Å². The van der Waals surface area contributed by atoms with Gasteiger partial charge in [-0.05, 0) is 61.0 Å². The zero-order valence-electron chi connectivity index (χ0n) is 14.0. The Labute approximate surface area is 149 Å². The van der Waals surface area contributed by atoms with E-state index in [1.165, 1.54) is 47.1 Å². The van der Waals surface area contributed by atoms with Gasteiger partial charge in [-0.15, -0.1) is 0 Å². The van der Waals surface area contributed by atoms with Gasteiger partial charge in [0, 0.05) is 11.8 Å². The fourth-order valence-electron chi connectivity index (χ4n) is 2.59. The Morgan fingerprint density at radius 1 is 1.12 bits per heavy atom. The molecular formula is C18H15FN2O4S. The van der Waals surface area contributed by atoms with Crippen molar-refractivity contribution in [2.75, 3.05) is 6.26 Å². The van der Waals surface area contributed by atoms with Gasteiger partial charge in [0.2, 0.25) is 0 Å². The summed E-state index contributed by atoms with van der Waals surface area (Å²) in [7, 11) is -3.37. The number of benzene rings is 2. The van der Waals surface area contributed by atoms with E-state index in [0.717, 1.165) is 6.26 Å². The average molecular weight is 374 g/mol. The van der Waals surface area contributed by atoms with Crippen LogP contribution in [-0.4, -0.2) is 35.5 Å². The minimum absolute atomic E-state index is 0.160. The van der Waals surface area contributed by atoms with Crippen molar-refractivity contribution in [3.8, 4) is 16.9 Å². The molecule has 1 heterocycles. The summed E-state index contributed by atoms with van der Waals surface area (Å²) < 4.78 is 38.0. The Hall–Kier alpha value is -3.00. The molecular weight excluding hydrogens is 359 g/mol. The molecule has 0 aliphatic carbocycles. The van der Waals surface area contributed by atoms with Gasteiger partial charge < -0.3 is 5.11 Å². The molecule has 3 aromatic rings. The van der Waals surface area contributed by atoms with Gasteiger partial charge in [0.1, 0.15) is 5.82 Å². The molecule has 1 N–H and O–H groups in total. The predicted octanol–water partition coefficient (Wildman–Crippen LogP) is 3.09. The molecule has 0 aliphatic heterocycles. The first kappa shape index (κ1) is 17.8. The molecule has 0 unspecified atom stereocenters. The smallest absolute Gasteiger partial charge is 0.356 e. The first-order valence-electron chi connectivity index (χ1n) is 7.57. The van der Waals surface area contributed by atoms with E-state index in [1.807, 2.05) is 0 Å². The standard InChI is InChI=1S/C18H15FN2O4S/c1-11-9-14(26(2,24)25)7-8-16(11)21-17(10-15(20-21)18(22)23)12-3-5-13(19)6-4-12/h3-10H,1-2H3,(H,22,23). The molecule has 0 aliphatic rings. The number of aryl methyl sites for hydroxylation is 1. The predicted molar refractivity (Wildman–Crippen MR) is 93.8 cm³/mol. The zero-order chi connectivity index (χ0) is 19.1. The van der Waals surface area contributed by atoms with Crippen LogP contribution in [0.5, 0.6) is 0 Å². The molecule has 0 radical (unpaired) electrons. The van der Waals surface area contributed by atoms with Crippen molar-refractivity contribution < 1.29 is 22.7 Å². The molecule has 0 atom stereocenters. The highest BCUT2D eigenvalue weighted by Gasteiger charge is 2.18. The number of hydrogen-bond acceptors (Lipinski definition) is 4. The largest absolute Gasteiger partial charge is 0.476 e. The van der Waals surface area contributed by atoms with Crippen LogP contribution in [0.1, 0.15) is 16.1 Å². The lowest BCUT2D eigenvalue weighted by molar-refractivity contribution is 0.0690. The number of hydrogen-bond donors (Lipinski definition) is 1. The van der Waals surface area contributed by atoms with Gasteiger partial charge in [-0.2, -0.15) is 5.10 Å². The molecule has 3 rings (SSSR count). The normalized spacial score (nSPS) is 11.5. The molecule has 0 spiro atoms. The van der Waals surface area contributed by atoms with Crippen LogP contribution in [0.4, 0.5) is 4.39 Å². The minimum Gasteiger partial charge on any atom is -0.476 e. The minimum atomic E-state index is -3.37. The van der Waals surface area contributed by atoms with Gasteiger partial charge in [0.05, 0.1) is 16.3 Å². The lowest BCUT2D eigenvalue weighted by Gasteiger charge is -2.11. The second-order valence-corrected chi connectivity index (χ2v) is 7.87. The first-order valence-corrected chi connectivity index (χ1v) is 9.46. The van der Waals surface area contributed by atoms with Crippen molar-refractivity contribution in [1.29, 1.82) is 0 Å². The van der Waals surface area contributed by atoms with Gasteiger partial charge in [-0.1, -0.05) is 0 Å². The number of halogens is 1. The average Bonchev–Trinajstić information content (AvgIpc) is 3.00. The Morgan fingerprint density at radius 3 is 2.31 bits per heavy atom. The molecule has 8 heteroatoms. The number of nitrogens with zero attached hydrogens (tertiary/aromatic N) is 2. The number of aromatic carboxylic acids is 1. The molecule has 134 valence electrons. The molecule has 0 saturated carbocycles. The fraction of sp³-hybridized carbons (Fsp3) is 0.111. The van der Waals surface area contributed by atoms with Crippen LogP contribution in [0, 0.1) is 12.7 Å². The summed E-state index contributed by atoms with van der Waals surface area (Å²) in [6.07, 6.45) is 1.11. The van der Waals surface area contributed by atoms with E-state index in [2.05, 4.69) is 5.10 Å². The Bertz CT molecular complexity index is 1100. The first-order chi connectivity index (χ1) is 12.2. The summed E-state index contributed by atoms with van der Waals surface area (Å²) in [6, 6.07) is 11.5. The van der Waals surface area contributed by atoms with E-state index in [4.69, 9.17) is 0 Å². The molecule has 26 heavy (non-hydrogen) atoms. The SMILES string of the molecule is Cc1cc(S(C)(=O)=O)ccc1-n1nc(C(=O)O)cc1-c1ccc(F)cc1. The van der Waals surface area contributed by atoms with Gasteiger partial charge in [-0.25, -0.2) is 22.3 Å². The van der Waals surface area contributed by atoms with Crippen LogP contribution < -0.4 is 0 Å². The summed E-state index contributed by atoms with van der Waals surface area (Å²) in [6.45, 7) is 1.71. The number of sulfone groups is 1. The van der Waals surface area contributed by atoms with E-state index >= 15 is 0 Å². The second-order valence-electron chi connectivity index (χ2n) is 5.86. The van der Waals surface area contributed by atoms with Crippen LogP contribution in [0.25, 0.3) is 16.9 Å². The quantitative estimate of drug-likeness (QED) is 0.758. The number of carbonyl (C=O) groups is 1. The lowest BCUT2D eigenvalue weighted by Crippen LogP contribution is -2.05. The summed E-state index contributed by atoms with van der Waals surface area (Å²) in [5.74, 6) is -1.61. The van der Waals surface area contributed by atoms with Gasteiger partial charge >= 0.3 is 5.97 Å². The number of aromatic nitrogens is 2. The maximum atomic E-state index is 13.2. The Balaban J connectivity index is 2.21. The molecule has 0 bridgehead atoms. The van der Waals surface area contributed by atoms with E-state index in [-0.39, 0.29) is 10.6 Å². The summed E-state index contributed by atoms with van der Waals surface area (Å²) in [4.78, 5) is 11.5. The van der Waals surface area contributed by atoms with Crippen molar-refractivity contribution in [3.05, 3.63) is 65.6 Å². The van der Waals surface area contributed by atoms with Crippen LogP contribution in [0.3, 0.4) is 0 Å². The van der Waals surface area contributed by atoms with E-state index < -0.39 is 21.6 Å². The molecule has 1 aromatic heterocycles. The highest BCUT2D eigenvalue weighted by atomic mass is 32.2. The van der Waals surface area contributed by atoms with Crippen molar-refractivity contribution in [3.63, 3.8) is 0 Å². The van der Waals surface area contributed by atoms with Crippen molar-refractivity contribution in [2.24, 2.45) is 0 Å². The molecule has 0 amide bonds. The van der Waals surface area contributed by atoms with Crippen molar-refractivity contribution >= 4 is 15.8 Å². The van der Waals surface area contributed by atoms with Gasteiger partial charge in [-0.3, -0.25) is 0 Å². The zero-order valence-corrected chi connectivity index (χ0v) is 14.8. The Morgan fingerprint density at radius 2 is 1.77 bits per heavy atom. The Kier molecular flexibility index (Phi) is 4.37. The number of carboxylic acids is 1. The van der Waals surface area contributed by atoms with Gasteiger partial charge in [0.15, 0.2) is 15.5 Å². The third-order valence-electron chi connectivity index (χ3n) is 3.89. The monoisotopic (exact) mass is 374 g/mol. The molecule has 0 saturated heterocycles. The maximum absolute atomic E-state index is 13.2. The topological polar surface area (TPSA) is 89.3 Å². The van der Waals surface area contributed by atoms with Crippen LogP contribution in [-0.2, 0) is 9.84 Å². The lowest BCUT2D eigenvalue weighted by atomic mass is 10.1. The molecule has 2 aromatic carbocycles. The van der Waals surface area contributed by atoms with Crippen LogP contribution in [0.2, 0.25) is 0 Å². The van der Waals surface area contributed by atoms with E-state index in [9.17, 15) is 22.7 Å². The number of carboxylic acid groups (broad SMARTS) is 1. The summed E-state index contributed by atoms with van der Waals surface area (Å²) in [5, 5.41) is 13.4. The molecule has 6 nitrogen and oxygen atoms in total. The van der Waals surface area contributed by atoms with Crippen LogP contribution in [0.15, 0.2) is 53.4 Å². The van der Waals surface area contributed by atoms with Crippen molar-refractivity contribution in [2.45, 2.75) is 11.8 Å². The second kappa shape index (κ2) is 6.38. The highest BCUT2D eigenvalue weighted by molar-refractivity contribution is 7.90. The highest BCUT2D eigenvalue weighted by Crippen LogP contribution is 2.27.